The van der Waals surface area contributed by atoms with E-state index in [1.54, 1.807) is 13.0 Å². The molecule has 0 radical (unpaired) electrons. The van der Waals surface area contributed by atoms with E-state index < -0.39 is 41.9 Å². The Labute approximate surface area is 282 Å². The highest BCUT2D eigenvalue weighted by Crippen LogP contribution is 2.51. The first kappa shape index (κ1) is 35.0. The molecule has 1 aromatic heterocycles. The van der Waals surface area contributed by atoms with Crippen LogP contribution in [0.15, 0.2) is 46.7 Å². The first-order valence-electron chi connectivity index (χ1n) is 15.7. The van der Waals surface area contributed by atoms with Gasteiger partial charge in [0.25, 0.3) is 5.91 Å². The van der Waals surface area contributed by atoms with Crippen molar-refractivity contribution in [1.29, 1.82) is 0 Å². The number of hydrogen-bond acceptors (Lipinski definition) is 10. The maximum absolute atomic E-state index is 12.6. The zero-order chi connectivity index (χ0) is 35.2. The number of carbonyl (C=O) groups is 4. The molecule has 10 N–H and O–H groups in total. The Bertz CT molecular complexity index is 1810. The van der Waals surface area contributed by atoms with Crippen LogP contribution >= 0.6 is 12.6 Å². The van der Waals surface area contributed by atoms with Crippen molar-refractivity contribution in [3.05, 3.63) is 68.5 Å². The molecule has 15 heteroatoms. The van der Waals surface area contributed by atoms with Gasteiger partial charge in [0, 0.05) is 40.2 Å². The molecule has 258 valence electrons. The zero-order valence-corrected chi connectivity index (χ0v) is 27.9. The number of thiol groups is 1. The number of nitrogens with one attached hydrogen (secondary N) is 4. The molecule has 6 atom stereocenters. The number of amides is 2. The molecule has 0 aromatic carbocycles. The van der Waals surface area contributed by atoms with Gasteiger partial charge in [-0.2, -0.15) is 18.1 Å². The molecule has 5 rings (SSSR count). The summed E-state index contributed by atoms with van der Waals surface area (Å²) >= 11 is 4.39. The number of hydrogen-bond donors (Lipinski definition) is 10. The van der Waals surface area contributed by atoms with E-state index in [1.165, 1.54) is 6.08 Å². The van der Waals surface area contributed by atoms with Crippen LogP contribution < -0.4 is 32.4 Å². The molecule has 0 aliphatic carbocycles. The number of carboxylic acid groups (broad SMARTS) is 2. The minimum absolute atomic E-state index is 0.0105. The summed E-state index contributed by atoms with van der Waals surface area (Å²) in [5, 5.41) is 48.6. The molecular weight excluding hydrogens is 640 g/mol. The second-order valence-corrected chi connectivity index (χ2v) is 13.2. The van der Waals surface area contributed by atoms with Crippen LogP contribution in [0, 0.1) is 18.8 Å². The lowest BCUT2D eigenvalue weighted by molar-refractivity contribution is -0.137. The topological polar surface area (TPSA) is 240 Å². The minimum atomic E-state index is -1.25. The number of H-pyrrole nitrogens is 1. The molecule has 0 bridgehead atoms. The number of nitrogens with two attached hydrogens (primary N) is 1. The molecule has 1 unspecified atom stereocenters. The van der Waals surface area contributed by atoms with Crippen molar-refractivity contribution in [2.75, 3.05) is 12.4 Å². The van der Waals surface area contributed by atoms with Crippen molar-refractivity contribution in [1.82, 2.24) is 26.1 Å². The Hall–Kier alpha value is -4.31. The maximum atomic E-state index is 12.6. The van der Waals surface area contributed by atoms with Gasteiger partial charge in [0.05, 0.1) is 30.8 Å². The average Bonchev–Trinajstić information content (AvgIpc) is 3.20. The van der Waals surface area contributed by atoms with E-state index in [-0.39, 0.29) is 59.9 Å². The lowest BCUT2D eigenvalue weighted by Crippen LogP contribution is -2.37. The SMILES string of the molecule is C=CC1=C(CO)[C@@H](Cc2[nH]c(=C\[C@]34NN3/C(=C/C3NC(=O)[C@H](C)[C@H]3CCS)C(C)=C4[C@@H](N)CC(=O)O)/c(=C(/O)CC(=O)O)c2C)NC1=O. The molecule has 0 saturated carbocycles. The summed E-state index contributed by atoms with van der Waals surface area (Å²) in [5.41, 5.74) is 12.6. The standard InChI is InChI=1S/C33H42N6O8S/c1-5-17-19(13-40)22(37-32(17)47)9-21-15(3)29(26(41)11-28(44)45)24(35-21)12-33-30(20(34)8-27(42)43)16(4)25(39(33)38-33)10-23-18(6-7-48)14(2)31(46)36-23/h5,10,12,14,18,20,22-23,35,38,40-41,48H,1,6-9,11,13,34H2,2-4H3,(H,36,46)(H,37,47)(H,42,43)(H,44,45)/b24-12-,25-10+,29-26+/t14-,18-,20+,22-,23?,33+,39?/m1/s1. The number of carbonyl (C=O) groups excluding carboxylic acids is 2. The highest BCUT2D eigenvalue weighted by molar-refractivity contribution is 7.80. The van der Waals surface area contributed by atoms with E-state index in [0.717, 1.165) is 5.57 Å². The van der Waals surface area contributed by atoms with Crippen LogP contribution in [-0.2, 0) is 25.6 Å². The molecule has 5 heterocycles. The quantitative estimate of drug-likeness (QED) is 0.0928. The minimum Gasteiger partial charge on any atom is -0.511 e. The first-order chi connectivity index (χ1) is 22.7. The second-order valence-electron chi connectivity index (χ2n) is 12.7. The van der Waals surface area contributed by atoms with Crippen LogP contribution in [0.4, 0.5) is 0 Å². The summed E-state index contributed by atoms with van der Waals surface area (Å²) in [5.74, 6) is -2.82. The molecule has 2 fully saturated rings. The van der Waals surface area contributed by atoms with Gasteiger partial charge < -0.3 is 41.8 Å². The van der Waals surface area contributed by atoms with Crippen molar-refractivity contribution >= 4 is 48.2 Å². The molecular formula is C33H42N6O8S. The largest absolute Gasteiger partial charge is 0.511 e. The van der Waals surface area contributed by atoms with Gasteiger partial charge in [-0.1, -0.05) is 19.6 Å². The number of rotatable bonds is 13. The Morgan fingerprint density at radius 2 is 1.88 bits per heavy atom. The van der Waals surface area contributed by atoms with Crippen LogP contribution in [-0.4, -0.2) is 90.3 Å². The van der Waals surface area contributed by atoms with E-state index in [4.69, 9.17) is 5.73 Å². The fourth-order valence-corrected chi connectivity index (χ4v) is 7.76. The highest BCUT2D eigenvalue weighted by atomic mass is 32.1. The number of allylic oxidation sites excluding steroid dienone is 1. The van der Waals surface area contributed by atoms with Gasteiger partial charge in [0.15, 0.2) is 5.66 Å². The lowest BCUT2D eigenvalue weighted by Gasteiger charge is -2.19. The van der Waals surface area contributed by atoms with Crippen LogP contribution in [0.25, 0.3) is 11.8 Å². The number of aromatic nitrogens is 1. The summed E-state index contributed by atoms with van der Waals surface area (Å²) in [6.45, 7) is 8.71. The van der Waals surface area contributed by atoms with Crippen LogP contribution in [0.1, 0.15) is 44.4 Å². The summed E-state index contributed by atoms with van der Waals surface area (Å²) in [6, 6.07) is -1.81. The average molecular weight is 683 g/mol. The second kappa shape index (κ2) is 13.3. The van der Waals surface area contributed by atoms with Crippen molar-refractivity contribution in [2.24, 2.45) is 17.6 Å². The van der Waals surface area contributed by atoms with E-state index in [2.05, 4.69) is 40.3 Å². The third-order valence-electron chi connectivity index (χ3n) is 9.86. The van der Waals surface area contributed by atoms with E-state index in [1.807, 2.05) is 24.9 Å². The molecule has 2 saturated heterocycles. The summed E-state index contributed by atoms with van der Waals surface area (Å²) in [7, 11) is 0. The molecule has 14 nitrogen and oxygen atoms in total. The van der Waals surface area contributed by atoms with E-state index >= 15 is 0 Å². The third kappa shape index (κ3) is 6.06. The third-order valence-corrected chi connectivity index (χ3v) is 10.1. The smallest absolute Gasteiger partial charge is 0.311 e. The monoisotopic (exact) mass is 682 g/mol. The van der Waals surface area contributed by atoms with Gasteiger partial charge in [-0.15, -0.1) is 0 Å². The van der Waals surface area contributed by atoms with Crippen LogP contribution in [0.2, 0.25) is 0 Å². The van der Waals surface area contributed by atoms with Gasteiger partial charge in [0.1, 0.15) is 12.2 Å². The Morgan fingerprint density at radius 1 is 1.17 bits per heavy atom. The number of aliphatic hydroxyl groups is 2. The number of aromatic amines is 1. The van der Waals surface area contributed by atoms with Crippen molar-refractivity contribution in [3.63, 3.8) is 0 Å². The number of aliphatic hydroxyl groups excluding tert-OH is 2. The summed E-state index contributed by atoms with van der Waals surface area (Å²) < 4.78 is 0. The van der Waals surface area contributed by atoms with Crippen LogP contribution in [0.3, 0.4) is 0 Å². The normalized spacial score (nSPS) is 29.0. The summed E-state index contributed by atoms with van der Waals surface area (Å²) in [6.07, 6.45) is 4.92. The molecule has 4 aliphatic heterocycles. The number of nitrogens with zero attached hydrogens (tertiary/aromatic N) is 1. The lowest BCUT2D eigenvalue weighted by atomic mass is 9.88. The van der Waals surface area contributed by atoms with E-state index in [9.17, 15) is 39.6 Å². The fourth-order valence-electron chi connectivity index (χ4n) is 7.47. The molecule has 48 heavy (non-hydrogen) atoms. The number of fused-ring (bicyclic) bond motifs is 1. The number of hydrazine groups is 1. The van der Waals surface area contributed by atoms with Crippen molar-refractivity contribution < 1.29 is 39.6 Å². The van der Waals surface area contributed by atoms with Gasteiger partial charge in [-0.05, 0) is 66.4 Å². The molecule has 2 amide bonds. The fraction of sp³-hybridized carbons (Fsp3) is 0.455. The Morgan fingerprint density at radius 3 is 2.48 bits per heavy atom. The highest BCUT2D eigenvalue weighted by Gasteiger charge is 2.61. The Kier molecular flexibility index (Phi) is 9.70. The number of carboxylic acids is 2. The predicted molar refractivity (Wildman–Crippen MR) is 179 cm³/mol. The predicted octanol–water partition coefficient (Wildman–Crippen LogP) is -0.637. The van der Waals surface area contributed by atoms with Gasteiger partial charge in [0.2, 0.25) is 5.91 Å². The number of aliphatic carboxylic acids is 2. The van der Waals surface area contributed by atoms with Crippen molar-refractivity contribution in [3.8, 4) is 0 Å². The van der Waals surface area contributed by atoms with Crippen LogP contribution in [0.5, 0.6) is 0 Å². The maximum Gasteiger partial charge on any atom is 0.311 e. The summed E-state index contributed by atoms with van der Waals surface area (Å²) in [4.78, 5) is 51.9. The first-order valence-corrected chi connectivity index (χ1v) is 16.3. The van der Waals surface area contributed by atoms with Gasteiger partial charge >= 0.3 is 11.9 Å². The van der Waals surface area contributed by atoms with Crippen molar-refractivity contribution in [2.45, 2.75) is 70.2 Å². The van der Waals surface area contributed by atoms with Gasteiger partial charge in [-0.25, -0.2) is 0 Å². The molecule has 0 spiro atoms. The zero-order valence-electron chi connectivity index (χ0n) is 27.0. The molecule has 4 aliphatic rings. The van der Waals surface area contributed by atoms with Gasteiger partial charge in [-0.3, -0.25) is 24.2 Å². The Balaban J connectivity index is 1.66. The molecule has 1 aromatic rings. The van der Waals surface area contributed by atoms with E-state index in [0.29, 0.717) is 45.6 Å².